The number of hydrogen-bond acceptors (Lipinski definition) is 6. The van der Waals surface area contributed by atoms with Gasteiger partial charge in [-0.3, -0.25) is 4.90 Å². The normalized spacial score (nSPS) is 14.5. The van der Waals surface area contributed by atoms with Crippen LogP contribution in [0, 0.1) is 0 Å². The number of aryl methyl sites for hydroxylation is 1. The molecule has 1 heterocycles. The Bertz CT molecular complexity index is 1640. The van der Waals surface area contributed by atoms with Crippen molar-refractivity contribution < 1.29 is 29.3 Å². The second-order valence-corrected chi connectivity index (χ2v) is 12.8. The number of rotatable bonds is 12. The van der Waals surface area contributed by atoms with E-state index in [-0.39, 0.29) is 22.9 Å². The summed E-state index contributed by atoms with van der Waals surface area (Å²) in [5.74, 6) is 0.0254. The minimum absolute atomic E-state index is 0.0936. The number of para-hydroxylation sites is 1. The van der Waals surface area contributed by atoms with Crippen LogP contribution in [0.5, 0.6) is 11.6 Å². The van der Waals surface area contributed by atoms with Crippen LogP contribution in [0.3, 0.4) is 0 Å². The molecule has 0 saturated carbocycles. The first-order valence-electron chi connectivity index (χ1n) is 15.8. The fourth-order valence-corrected chi connectivity index (χ4v) is 6.03. The van der Waals surface area contributed by atoms with Crippen LogP contribution in [0.4, 0.5) is 4.79 Å². The smallest absolute Gasteiger partial charge is 0.489 e. The van der Waals surface area contributed by atoms with E-state index >= 15 is 0 Å². The molecule has 2 N–H and O–H groups in total. The summed E-state index contributed by atoms with van der Waals surface area (Å²) in [7, 11) is 0. The first-order chi connectivity index (χ1) is 22.1. The van der Waals surface area contributed by atoms with Gasteiger partial charge in [0.1, 0.15) is 12.4 Å². The monoisotopic (exact) mass is 622 g/mol. The number of benzene rings is 3. The molecule has 1 aliphatic rings. The van der Waals surface area contributed by atoms with Crippen molar-refractivity contribution in [3.8, 4) is 11.6 Å². The average Bonchev–Trinajstić information content (AvgIpc) is 3.03. The summed E-state index contributed by atoms with van der Waals surface area (Å²) in [5.41, 5.74) is 6.94. The zero-order chi connectivity index (χ0) is 32.7. The SMILES string of the molecule is CC(C)(C)c1ccc(COc2ccccc2CCN(CCc2ccc(C(=O)O)cc2)C2CCCc3nc(OC(=O)O)ccc32)cc1. The van der Waals surface area contributed by atoms with Crippen molar-refractivity contribution in [2.45, 2.75) is 70.9 Å². The van der Waals surface area contributed by atoms with Gasteiger partial charge in [0.05, 0.1) is 5.56 Å². The maximum atomic E-state index is 11.3. The van der Waals surface area contributed by atoms with Crippen LogP contribution in [0.2, 0.25) is 0 Å². The highest BCUT2D eigenvalue weighted by Crippen LogP contribution is 2.35. The van der Waals surface area contributed by atoms with E-state index in [0.29, 0.717) is 6.61 Å². The number of carbonyl (C=O) groups is 2. The Balaban J connectivity index is 1.33. The summed E-state index contributed by atoms with van der Waals surface area (Å²) in [6.07, 6.45) is 2.80. The van der Waals surface area contributed by atoms with Gasteiger partial charge in [0.25, 0.3) is 0 Å². The van der Waals surface area contributed by atoms with Crippen LogP contribution in [-0.2, 0) is 31.3 Å². The largest absolute Gasteiger partial charge is 0.512 e. The third-order valence-electron chi connectivity index (χ3n) is 8.61. The summed E-state index contributed by atoms with van der Waals surface area (Å²) >= 11 is 0. The second kappa shape index (κ2) is 14.6. The molecule has 0 amide bonds. The van der Waals surface area contributed by atoms with Gasteiger partial charge in [0, 0.05) is 30.9 Å². The molecule has 8 heteroatoms. The number of fused-ring (bicyclic) bond motifs is 1. The van der Waals surface area contributed by atoms with Crippen molar-refractivity contribution in [1.29, 1.82) is 0 Å². The molecule has 1 aromatic heterocycles. The second-order valence-electron chi connectivity index (χ2n) is 12.8. The quantitative estimate of drug-likeness (QED) is 0.154. The summed E-state index contributed by atoms with van der Waals surface area (Å²) in [4.78, 5) is 29.4. The topological polar surface area (TPSA) is 109 Å². The molecule has 0 bridgehead atoms. The molecule has 46 heavy (non-hydrogen) atoms. The Morgan fingerprint density at radius 1 is 0.870 bits per heavy atom. The van der Waals surface area contributed by atoms with Crippen LogP contribution in [0.25, 0.3) is 0 Å². The molecule has 3 aromatic carbocycles. The molecule has 0 radical (unpaired) electrons. The van der Waals surface area contributed by atoms with E-state index in [9.17, 15) is 14.7 Å². The number of pyridine rings is 1. The predicted octanol–water partition coefficient (Wildman–Crippen LogP) is 7.88. The van der Waals surface area contributed by atoms with Crippen molar-refractivity contribution in [3.05, 3.63) is 124 Å². The Hall–Kier alpha value is -4.69. The lowest BCUT2D eigenvalue weighted by molar-refractivity contribution is 0.0696. The van der Waals surface area contributed by atoms with Crippen LogP contribution >= 0.6 is 0 Å². The van der Waals surface area contributed by atoms with Crippen molar-refractivity contribution in [3.63, 3.8) is 0 Å². The Kier molecular flexibility index (Phi) is 10.4. The van der Waals surface area contributed by atoms with E-state index < -0.39 is 12.1 Å². The van der Waals surface area contributed by atoms with E-state index in [1.54, 1.807) is 18.2 Å². The lowest BCUT2D eigenvalue weighted by Gasteiger charge is -2.36. The minimum Gasteiger partial charge on any atom is -0.489 e. The van der Waals surface area contributed by atoms with Crippen LogP contribution in [-0.4, -0.2) is 45.3 Å². The van der Waals surface area contributed by atoms with Crippen LogP contribution < -0.4 is 9.47 Å². The van der Waals surface area contributed by atoms with E-state index in [1.165, 1.54) is 5.56 Å². The average molecular weight is 623 g/mol. The third-order valence-corrected chi connectivity index (χ3v) is 8.61. The van der Waals surface area contributed by atoms with E-state index in [4.69, 9.17) is 14.6 Å². The van der Waals surface area contributed by atoms with Gasteiger partial charge in [-0.2, -0.15) is 0 Å². The first kappa shape index (κ1) is 32.7. The molecule has 0 fully saturated rings. The Morgan fingerprint density at radius 3 is 2.26 bits per heavy atom. The van der Waals surface area contributed by atoms with Crippen LogP contribution in [0.1, 0.15) is 83.5 Å². The minimum atomic E-state index is -1.38. The maximum absolute atomic E-state index is 11.3. The number of ether oxygens (including phenoxy) is 2. The molecule has 1 unspecified atom stereocenters. The molecule has 1 atom stereocenters. The van der Waals surface area contributed by atoms with Crippen LogP contribution in [0.15, 0.2) is 84.9 Å². The van der Waals surface area contributed by atoms with Crippen molar-refractivity contribution >= 4 is 12.1 Å². The van der Waals surface area contributed by atoms with Gasteiger partial charge in [0.15, 0.2) is 0 Å². The summed E-state index contributed by atoms with van der Waals surface area (Å²) in [6.45, 7) is 8.64. The molecule has 5 rings (SSSR count). The molecule has 1 aliphatic carbocycles. The Morgan fingerprint density at radius 2 is 1.57 bits per heavy atom. The van der Waals surface area contributed by atoms with Gasteiger partial charge in [-0.05, 0) is 83.5 Å². The maximum Gasteiger partial charge on any atom is 0.512 e. The van der Waals surface area contributed by atoms with Gasteiger partial charge in [-0.1, -0.05) is 81.4 Å². The van der Waals surface area contributed by atoms with Gasteiger partial charge < -0.3 is 19.7 Å². The van der Waals surface area contributed by atoms with Crippen molar-refractivity contribution in [2.75, 3.05) is 13.1 Å². The molecule has 4 aromatic rings. The van der Waals surface area contributed by atoms with E-state index in [0.717, 1.165) is 78.9 Å². The zero-order valence-electron chi connectivity index (χ0n) is 26.7. The number of aromatic carboxylic acids is 1. The molecule has 0 aliphatic heterocycles. The van der Waals surface area contributed by atoms with Gasteiger partial charge in [0.2, 0.25) is 5.88 Å². The molecule has 8 nitrogen and oxygen atoms in total. The lowest BCUT2D eigenvalue weighted by Crippen LogP contribution is -2.35. The number of carboxylic acids is 1. The standard InChI is InChI=1S/C38H42N2O6/c1-38(2,3)30-17-13-27(14-18-30)25-45-34-10-5-4-7-28(34)22-24-40(23-21-26-11-15-29(16-12-26)36(41)42)33-9-6-8-32-31(33)19-20-35(39-32)46-37(43)44/h4-5,7,10-20,33H,6,8-9,21-25H2,1-3H3,(H,41,42)(H,43,44). The fraction of sp³-hybridized carbons (Fsp3) is 0.342. The molecular formula is C38H42N2O6. The van der Waals surface area contributed by atoms with Gasteiger partial charge in [-0.25, -0.2) is 14.6 Å². The highest BCUT2D eigenvalue weighted by molar-refractivity contribution is 5.87. The van der Waals surface area contributed by atoms with Gasteiger partial charge in [-0.15, -0.1) is 0 Å². The zero-order valence-corrected chi connectivity index (χ0v) is 26.7. The fourth-order valence-electron chi connectivity index (χ4n) is 6.03. The number of nitrogens with zero attached hydrogens (tertiary/aromatic N) is 2. The number of carboxylic acid groups (broad SMARTS) is 2. The highest BCUT2D eigenvalue weighted by atomic mass is 16.7. The predicted molar refractivity (Wildman–Crippen MR) is 177 cm³/mol. The molecule has 0 saturated heterocycles. The molecule has 240 valence electrons. The summed E-state index contributed by atoms with van der Waals surface area (Å²) < 4.78 is 11.2. The van der Waals surface area contributed by atoms with E-state index in [2.05, 4.69) is 61.0 Å². The highest BCUT2D eigenvalue weighted by Gasteiger charge is 2.28. The Labute approximate surface area is 270 Å². The van der Waals surface area contributed by atoms with Crippen molar-refractivity contribution in [2.24, 2.45) is 0 Å². The van der Waals surface area contributed by atoms with Gasteiger partial charge >= 0.3 is 12.1 Å². The third kappa shape index (κ3) is 8.52. The number of aromatic nitrogens is 1. The summed E-state index contributed by atoms with van der Waals surface area (Å²) in [6, 6.07) is 27.5. The first-order valence-corrected chi connectivity index (χ1v) is 15.8. The molecular weight excluding hydrogens is 580 g/mol. The lowest BCUT2D eigenvalue weighted by atomic mass is 9.87. The van der Waals surface area contributed by atoms with E-state index in [1.807, 2.05) is 36.4 Å². The number of hydrogen-bond donors (Lipinski definition) is 2. The molecule has 0 spiro atoms. The summed E-state index contributed by atoms with van der Waals surface area (Å²) in [5, 5.41) is 18.4. The van der Waals surface area contributed by atoms with Crippen molar-refractivity contribution in [1.82, 2.24) is 9.88 Å².